The van der Waals surface area contributed by atoms with Gasteiger partial charge >= 0.3 is 0 Å². The summed E-state index contributed by atoms with van der Waals surface area (Å²) in [5.41, 5.74) is 2.10. The highest BCUT2D eigenvalue weighted by atomic mass is 16.3. The first kappa shape index (κ1) is 22.2. The maximum atomic E-state index is 11.4. The van der Waals surface area contributed by atoms with Gasteiger partial charge in [-0.05, 0) is 128 Å². The van der Waals surface area contributed by atoms with Crippen LogP contribution in [0.1, 0.15) is 106 Å². The molecule has 2 nitrogen and oxygen atoms in total. The molecule has 5 fully saturated rings. The average molecular weight is 427 g/mol. The van der Waals surface area contributed by atoms with Crippen molar-refractivity contribution in [3.63, 3.8) is 0 Å². The normalized spacial score (nSPS) is 53.3. The lowest BCUT2D eigenvalue weighted by Crippen LogP contribution is -2.57. The second kappa shape index (κ2) is 6.71. The third-order valence-corrected chi connectivity index (χ3v) is 12.7. The van der Waals surface area contributed by atoms with Gasteiger partial charge in [0.25, 0.3) is 0 Å². The third kappa shape index (κ3) is 2.64. The van der Waals surface area contributed by atoms with Crippen LogP contribution in [0, 0.1) is 50.7 Å². The van der Waals surface area contributed by atoms with Gasteiger partial charge in [-0.1, -0.05) is 40.7 Å². The SMILES string of the molecule is CC(=O)/C=C/CC(C)[C@H]1CC[C@@]2(C)C3CCC4C(C)(C)[C@@H](O)CC[C@@]45C[C@@]35CC[C@]12C. The van der Waals surface area contributed by atoms with Gasteiger partial charge < -0.3 is 5.11 Å². The number of aliphatic hydroxyl groups excluding tert-OH is 1. The van der Waals surface area contributed by atoms with E-state index in [9.17, 15) is 9.90 Å². The predicted molar refractivity (Wildman–Crippen MR) is 126 cm³/mol. The summed E-state index contributed by atoms with van der Waals surface area (Å²) < 4.78 is 0. The number of rotatable bonds is 4. The maximum Gasteiger partial charge on any atom is 0.152 e. The number of allylic oxidation sites excluding steroid dienone is 2. The minimum atomic E-state index is -0.110. The van der Waals surface area contributed by atoms with Crippen LogP contribution in [0.4, 0.5) is 0 Å². The topological polar surface area (TPSA) is 37.3 Å². The molecule has 0 aromatic heterocycles. The molecule has 5 aliphatic rings. The summed E-state index contributed by atoms with van der Waals surface area (Å²) in [5.74, 6) is 3.21. The molecule has 0 aromatic carbocycles. The lowest BCUT2D eigenvalue weighted by molar-refractivity contribution is -0.161. The van der Waals surface area contributed by atoms with Gasteiger partial charge in [-0.2, -0.15) is 0 Å². The van der Waals surface area contributed by atoms with E-state index in [1.54, 1.807) is 13.0 Å². The van der Waals surface area contributed by atoms with Gasteiger partial charge in [0.1, 0.15) is 0 Å². The van der Waals surface area contributed by atoms with Crippen LogP contribution >= 0.6 is 0 Å². The molecule has 31 heavy (non-hydrogen) atoms. The van der Waals surface area contributed by atoms with Crippen LogP contribution < -0.4 is 0 Å². The third-order valence-electron chi connectivity index (χ3n) is 12.7. The van der Waals surface area contributed by atoms with Gasteiger partial charge in [-0.25, -0.2) is 0 Å². The monoisotopic (exact) mass is 426 g/mol. The number of hydrogen-bond donors (Lipinski definition) is 1. The largest absolute Gasteiger partial charge is 0.393 e. The van der Waals surface area contributed by atoms with Gasteiger partial charge in [0, 0.05) is 0 Å². The van der Waals surface area contributed by atoms with Crippen molar-refractivity contribution in [1.29, 1.82) is 0 Å². The molecule has 0 radical (unpaired) electrons. The minimum absolute atomic E-state index is 0.0874. The molecule has 174 valence electrons. The molecule has 0 aliphatic heterocycles. The Kier molecular flexibility index (Phi) is 4.80. The van der Waals surface area contributed by atoms with Crippen molar-refractivity contribution in [2.45, 2.75) is 112 Å². The number of hydrogen-bond acceptors (Lipinski definition) is 2. The summed E-state index contributed by atoms with van der Waals surface area (Å²) in [7, 11) is 0. The number of aliphatic hydroxyl groups is 1. The molecule has 2 spiro atoms. The number of fused-ring (bicyclic) bond motifs is 2. The van der Waals surface area contributed by atoms with Crippen molar-refractivity contribution in [2.75, 3.05) is 0 Å². The Bertz CT molecular complexity index is 797. The highest BCUT2D eigenvalue weighted by Gasteiger charge is 2.82. The van der Waals surface area contributed by atoms with Crippen molar-refractivity contribution in [3.05, 3.63) is 12.2 Å². The molecule has 5 rings (SSSR count). The zero-order valence-electron chi connectivity index (χ0n) is 21.0. The van der Waals surface area contributed by atoms with Crippen LogP contribution in [0.15, 0.2) is 12.2 Å². The number of carbonyl (C=O) groups is 1. The molecule has 9 atom stereocenters. The Morgan fingerprint density at radius 1 is 0.935 bits per heavy atom. The molecular weight excluding hydrogens is 380 g/mol. The van der Waals surface area contributed by atoms with Gasteiger partial charge in [-0.3, -0.25) is 4.79 Å². The van der Waals surface area contributed by atoms with Gasteiger partial charge in [0.05, 0.1) is 6.10 Å². The second-order valence-corrected chi connectivity index (χ2v) is 13.8. The molecule has 0 saturated heterocycles. The zero-order chi connectivity index (χ0) is 22.4. The first-order valence-electron chi connectivity index (χ1n) is 13.3. The van der Waals surface area contributed by atoms with Gasteiger partial charge in [0.15, 0.2) is 5.78 Å². The maximum absolute atomic E-state index is 11.4. The molecule has 5 aliphatic carbocycles. The van der Waals surface area contributed by atoms with Gasteiger partial charge in [0.2, 0.25) is 0 Å². The molecule has 0 bridgehead atoms. The molecule has 5 saturated carbocycles. The fourth-order valence-electron chi connectivity index (χ4n) is 10.9. The molecule has 3 unspecified atom stereocenters. The molecule has 0 aromatic rings. The molecular formula is C29H46O2. The van der Waals surface area contributed by atoms with E-state index in [2.05, 4.69) is 40.7 Å². The molecule has 0 heterocycles. The van der Waals surface area contributed by atoms with Crippen LogP contribution in [0.2, 0.25) is 0 Å². The lowest BCUT2D eigenvalue weighted by Gasteiger charge is -2.63. The Labute approximate surface area is 190 Å². The Hall–Kier alpha value is -0.630. The van der Waals surface area contributed by atoms with Crippen LogP contribution in [-0.4, -0.2) is 17.0 Å². The molecule has 2 heteroatoms. The Morgan fingerprint density at radius 3 is 2.32 bits per heavy atom. The van der Waals surface area contributed by atoms with Crippen LogP contribution in [0.5, 0.6) is 0 Å². The first-order chi connectivity index (χ1) is 14.4. The molecule has 1 N–H and O–H groups in total. The number of ketones is 1. The van der Waals surface area contributed by atoms with Crippen molar-refractivity contribution >= 4 is 5.78 Å². The van der Waals surface area contributed by atoms with Gasteiger partial charge in [-0.15, -0.1) is 0 Å². The smallest absolute Gasteiger partial charge is 0.152 e. The standard InChI is InChI=1S/C29H46O2/c1-19(8-7-9-20(2)30)21-12-14-27(6)23-11-10-22-25(3,4)24(31)13-15-28(22)18-29(23,28)17-16-26(21,27)5/h7,9,19,21-24,31H,8,10-18H2,1-6H3/b9-7+/t19?,21-,22?,23?,24+,26-,27+,28-,29+/m1/s1. The van der Waals surface area contributed by atoms with Crippen molar-refractivity contribution in [1.82, 2.24) is 0 Å². The van der Waals surface area contributed by atoms with Crippen LogP contribution in [0.25, 0.3) is 0 Å². The summed E-state index contributed by atoms with van der Waals surface area (Å²) in [6.07, 6.45) is 16.9. The minimum Gasteiger partial charge on any atom is -0.393 e. The number of carbonyl (C=O) groups excluding carboxylic acids is 1. The van der Waals surface area contributed by atoms with E-state index in [0.29, 0.717) is 27.6 Å². The summed E-state index contributed by atoms with van der Waals surface area (Å²) in [5, 5.41) is 10.8. The highest BCUT2D eigenvalue weighted by molar-refractivity contribution is 5.87. The summed E-state index contributed by atoms with van der Waals surface area (Å²) in [6, 6.07) is 0. The quantitative estimate of drug-likeness (QED) is 0.493. The van der Waals surface area contributed by atoms with Crippen molar-refractivity contribution in [3.8, 4) is 0 Å². The van der Waals surface area contributed by atoms with Crippen LogP contribution in [-0.2, 0) is 4.79 Å². The first-order valence-corrected chi connectivity index (χ1v) is 13.3. The summed E-state index contributed by atoms with van der Waals surface area (Å²) in [6.45, 7) is 14.2. The van der Waals surface area contributed by atoms with E-state index in [0.717, 1.165) is 30.6 Å². The van der Waals surface area contributed by atoms with Crippen molar-refractivity contribution < 1.29 is 9.90 Å². The summed E-state index contributed by atoms with van der Waals surface area (Å²) in [4.78, 5) is 11.4. The van der Waals surface area contributed by atoms with Crippen molar-refractivity contribution in [2.24, 2.45) is 50.7 Å². The van der Waals surface area contributed by atoms with E-state index in [4.69, 9.17) is 0 Å². The van der Waals surface area contributed by atoms with E-state index in [1.165, 1.54) is 51.4 Å². The van der Waals surface area contributed by atoms with E-state index < -0.39 is 0 Å². The highest BCUT2D eigenvalue weighted by Crippen LogP contribution is 2.89. The Balaban J connectivity index is 1.42. The zero-order valence-corrected chi connectivity index (χ0v) is 21.0. The van der Waals surface area contributed by atoms with Crippen LogP contribution in [0.3, 0.4) is 0 Å². The summed E-state index contributed by atoms with van der Waals surface area (Å²) >= 11 is 0. The fraction of sp³-hybridized carbons (Fsp3) is 0.897. The van der Waals surface area contributed by atoms with E-state index in [-0.39, 0.29) is 17.3 Å². The Morgan fingerprint density at radius 2 is 1.61 bits per heavy atom. The fourth-order valence-corrected chi connectivity index (χ4v) is 10.9. The van der Waals surface area contributed by atoms with E-state index >= 15 is 0 Å². The predicted octanol–water partition coefficient (Wildman–Crippen LogP) is 6.96. The molecule has 0 amide bonds. The lowest BCUT2D eigenvalue weighted by atomic mass is 9.42. The average Bonchev–Trinajstić information content (AvgIpc) is 3.27. The van der Waals surface area contributed by atoms with E-state index in [1.807, 2.05) is 0 Å². The second-order valence-electron chi connectivity index (χ2n) is 13.8.